The Balaban J connectivity index is 2.62. The molecule has 0 aliphatic heterocycles. The molecule has 0 saturated heterocycles. The molecule has 4 heteroatoms. The van der Waals surface area contributed by atoms with E-state index >= 15 is 0 Å². The summed E-state index contributed by atoms with van der Waals surface area (Å²) in [4.78, 5) is 11.4. The summed E-state index contributed by atoms with van der Waals surface area (Å²) >= 11 is 0. The van der Waals surface area contributed by atoms with Gasteiger partial charge in [-0.25, -0.2) is 0 Å². The van der Waals surface area contributed by atoms with Crippen molar-refractivity contribution in [3.63, 3.8) is 0 Å². The van der Waals surface area contributed by atoms with Gasteiger partial charge in [-0.05, 0) is 30.7 Å². The van der Waals surface area contributed by atoms with Crippen LogP contribution in [0.5, 0.6) is 0 Å². The van der Waals surface area contributed by atoms with Crippen LogP contribution in [-0.2, 0) is 0 Å². The average Bonchev–Trinajstić information content (AvgIpc) is 2.44. The standard InChI is InChI=1S/C14H22N2O2/c1-4-14(2,10-17)9-16-12-7-5-11(6-8-12)13(18)15-3/h5-8,16-17H,4,9-10H2,1-3H3,(H,15,18). The normalized spacial score (nSPS) is 13.8. The maximum Gasteiger partial charge on any atom is 0.251 e. The van der Waals surface area contributed by atoms with Crippen molar-refractivity contribution in [1.82, 2.24) is 5.32 Å². The van der Waals surface area contributed by atoms with Crippen LogP contribution < -0.4 is 10.6 Å². The van der Waals surface area contributed by atoms with Gasteiger partial charge >= 0.3 is 0 Å². The van der Waals surface area contributed by atoms with E-state index in [9.17, 15) is 9.90 Å². The Morgan fingerprint density at radius 1 is 1.33 bits per heavy atom. The fraction of sp³-hybridized carbons (Fsp3) is 0.500. The summed E-state index contributed by atoms with van der Waals surface area (Å²) in [6.45, 7) is 4.97. The Bertz CT molecular complexity index is 383. The number of amides is 1. The van der Waals surface area contributed by atoms with E-state index in [1.165, 1.54) is 0 Å². The van der Waals surface area contributed by atoms with Crippen LogP contribution >= 0.6 is 0 Å². The van der Waals surface area contributed by atoms with Crippen LogP contribution in [0.2, 0.25) is 0 Å². The lowest BCUT2D eigenvalue weighted by atomic mass is 9.88. The molecule has 18 heavy (non-hydrogen) atoms. The Hall–Kier alpha value is -1.55. The number of anilines is 1. The van der Waals surface area contributed by atoms with Gasteiger partial charge in [0.25, 0.3) is 5.91 Å². The lowest BCUT2D eigenvalue weighted by Crippen LogP contribution is -2.29. The molecule has 0 fully saturated rings. The van der Waals surface area contributed by atoms with Gasteiger partial charge in [-0.1, -0.05) is 13.8 Å². The van der Waals surface area contributed by atoms with Gasteiger partial charge in [-0.3, -0.25) is 4.79 Å². The number of aliphatic hydroxyl groups is 1. The first-order valence-corrected chi connectivity index (χ1v) is 6.21. The molecule has 1 amide bonds. The average molecular weight is 250 g/mol. The molecule has 4 nitrogen and oxygen atoms in total. The Labute approximate surface area is 108 Å². The minimum absolute atomic E-state index is 0.0877. The van der Waals surface area contributed by atoms with E-state index in [1.54, 1.807) is 19.2 Å². The third kappa shape index (κ3) is 3.74. The van der Waals surface area contributed by atoms with Crippen molar-refractivity contribution in [1.29, 1.82) is 0 Å². The third-order valence-corrected chi connectivity index (χ3v) is 3.33. The van der Waals surface area contributed by atoms with Crippen molar-refractivity contribution in [2.75, 3.05) is 25.5 Å². The molecule has 0 radical (unpaired) electrons. The molecule has 0 aliphatic carbocycles. The van der Waals surface area contributed by atoms with E-state index in [-0.39, 0.29) is 17.9 Å². The topological polar surface area (TPSA) is 61.4 Å². The first-order chi connectivity index (χ1) is 8.54. The lowest BCUT2D eigenvalue weighted by Gasteiger charge is -2.26. The summed E-state index contributed by atoms with van der Waals surface area (Å²) in [7, 11) is 1.61. The number of carbonyl (C=O) groups excluding carboxylic acids is 1. The summed E-state index contributed by atoms with van der Waals surface area (Å²) in [6.07, 6.45) is 0.910. The van der Waals surface area contributed by atoms with Gasteiger partial charge in [-0.2, -0.15) is 0 Å². The predicted octanol–water partition coefficient (Wildman–Crippen LogP) is 1.87. The second-order valence-electron chi connectivity index (χ2n) is 4.83. The first-order valence-electron chi connectivity index (χ1n) is 6.21. The molecule has 1 rings (SSSR count). The van der Waals surface area contributed by atoms with Crippen molar-refractivity contribution in [2.45, 2.75) is 20.3 Å². The SMILES string of the molecule is CCC(C)(CO)CNc1ccc(C(=O)NC)cc1. The minimum Gasteiger partial charge on any atom is -0.396 e. The van der Waals surface area contributed by atoms with E-state index < -0.39 is 0 Å². The smallest absolute Gasteiger partial charge is 0.251 e. The zero-order valence-corrected chi connectivity index (χ0v) is 11.3. The highest BCUT2D eigenvalue weighted by atomic mass is 16.3. The number of rotatable bonds is 6. The zero-order valence-electron chi connectivity index (χ0n) is 11.3. The van der Waals surface area contributed by atoms with Gasteiger partial charge in [0.05, 0.1) is 6.61 Å². The van der Waals surface area contributed by atoms with Crippen molar-refractivity contribution >= 4 is 11.6 Å². The van der Waals surface area contributed by atoms with E-state index in [0.29, 0.717) is 12.1 Å². The first kappa shape index (κ1) is 14.5. The van der Waals surface area contributed by atoms with Crippen LogP contribution in [-0.4, -0.2) is 31.2 Å². The maximum absolute atomic E-state index is 11.4. The van der Waals surface area contributed by atoms with E-state index in [2.05, 4.69) is 17.6 Å². The number of benzene rings is 1. The molecule has 1 aromatic carbocycles. The highest BCUT2D eigenvalue weighted by Gasteiger charge is 2.20. The Kier molecular flexibility index (Phi) is 5.16. The summed E-state index contributed by atoms with van der Waals surface area (Å²) in [5, 5.41) is 15.2. The van der Waals surface area contributed by atoms with E-state index in [1.807, 2.05) is 19.1 Å². The lowest BCUT2D eigenvalue weighted by molar-refractivity contribution is 0.0963. The van der Waals surface area contributed by atoms with Crippen molar-refractivity contribution in [3.05, 3.63) is 29.8 Å². The second kappa shape index (κ2) is 6.40. The summed E-state index contributed by atoms with van der Waals surface area (Å²) in [5.74, 6) is -0.0877. The molecule has 1 atom stereocenters. The van der Waals surface area contributed by atoms with Gasteiger partial charge in [-0.15, -0.1) is 0 Å². The molecule has 0 aromatic heterocycles. The minimum atomic E-state index is -0.112. The summed E-state index contributed by atoms with van der Waals surface area (Å²) < 4.78 is 0. The van der Waals surface area contributed by atoms with Crippen LogP contribution in [0.4, 0.5) is 5.69 Å². The van der Waals surface area contributed by atoms with Crippen molar-refractivity contribution in [3.8, 4) is 0 Å². The van der Waals surface area contributed by atoms with Gasteiger partial charge in [0.15, 0.2) is 0 Å². The van der Waals surface area contributed by atoms with Gasteiger partial charge in [0.2, 0.25) is 0 Å². The van der Waals surface area contributed by atoms with Gasteiger partial charge in [0.1, 0.15) is 0 Å². The zero-order chi connectivity index (χ0) is 13.6. The number of nitrogens with one attached hydrogen (secondary N) is 2. The maximum atomic E-state index is 11.4. The molecule has 3 N–H and O–H groups in total. The predicted molar refractivity (Wildman–Crippen MR) is 73.8 cm³/mol. The summed E-state index contributed by atoms with van der Waals surface area (Å²) in [6, 6.07) is 7.31. The number of hydrogen-bond donors (Lipinski definition) is 3. The molecule has 0 bridgehead atoms. The van der Waals surface area contributed by atoms with Gasteiger partial charge < -0.3 is 15.7 Å². The van der Waals surface area contributed by atoms with E-state index in [4.69, 9.17) is 0 Å². The third-order valence-electron chi connectivity index (χ3n) is 3.33. The largest absolute Gasteiger partial charge is 0.396 e. The molecule has 0 spiro atoms. The van der Waals surface area contributed by atoms with Crippen LogP contribution in [0.25, 0.3) is 0 Å². The van der Waals surface area contributed by atoms with Crippen LogP contribution in [0.3, 0.4) is 0 Å². The fourth-order valence-corrected chi connectivity index (χ4v) is 1.49. The number of hydrogen-bond acceptors (Lipinski definition) is 3. The number of carbonyl (C=O) groups is 1. The van der Waals surface area contributed by atoms with Crippen LogP contribution in [0, 0.1) is 5.41 Å². The molecule has 0 heterocycles. The molecule has 0 saturated carbocycles. The van der Waals surface area contributed by atoms with Crippen molar-refractivity contribution in [2.24, 2.45) is 5.41 Å². The molecule has 1 aromatic rings. The Morgan fingerprint density at radius 3 is 2.39 bits per heavy atom. The molecule has 0 aliphatic rings. The Morgan fingerprint density at radius 2 is 1.94 bits per heavy atom. The molecular weight excluding hydrogens is 228 g/mol. The highest BCUT2D eigenvalue weighted by Crippen LogP contribution is 2.21. The molecule has 1 unspecified atom stereocenters. The molecular formula is C14H22N2O2. The number of aliphatic hydroxyl groups excluding tert-OH is 1. The second-order valence-corrected chi connectivity index (χ2v) is 4.83. The molecule has 100 valence electrons. The summed E-state index contributed by atoms with van der Waals surface area (Å²) in [5.41, 5.74) is 1.48. The highest BCUT2D eigenvalue weighted by molar-refractivity contribution is 5.94. The van der Waals surface area contributed by atoms with Crippen molar-refractivity contribution < 1.29 is 9.90 Å². The fourth-order valence-electron chi connectivity index (χ4n) is 1.49. The van der Waals surface area contributed by atoms with Crippen LogP contribution in [0.15, 0.2) is 24.3 Å². The van der Waals surface area contributed by atoms with Gasteiger partial charge in [0, 0.05) is 30.3 Å². The quantitative estimate of drug-likeness (QED) is 0.722. The van der Waals surface area contributed by atoms with Crippen LogP contribution in [0.1, 0.15) is 30.6 Å². The monoisotopic (exact) mass is 250 g/mol. The van der Waals surface area contributed by atoms with E-state index in [0.717, 1.165) is 12.1 Å².